The molecule has 0 amide bonds. The van der Waals surface area contributed by atoms with Crippen molar-refractivity contribution < 1.29 is 4.39 Å². The lowest BCUT2D eigenvalue weighted by Crippen LogP contribution is -2.34. The molecule has 0 unspecified atom stereocenters. The molecule has 1 aromatic rings. The summed E-state index contributed by atoms with van der Waals surface area (Å²) in [4.78, 5) is 2.58. The Balaban J connectivity index is 0.00000225. The van der Waals surface area contributed by atoms with Gasteiger partial charge in [0.05, 0.1) is 0 Å². The van der Waals surface area contributed by atoms with E-state index >= 15 is 4.39 Å². The molecular weight excluding hydrogens is 369 g/mol. The molecule has 1 nitrogen and oxygen atoms in total. The summed E-state index contributed by atoms with van der Waals surface area (Å²) < 4.78 is 15.1. The third-order valence-electron chi connectivity index (χ3n) is 6.87. The van der Waals surface area contributed by atoms with Crippen LogP contribution in [0.1, 0.15) is 83.3 Å². The Hall–Kier alpha value is -0.860. The fraction of sp³-hybridized carbons (Fsp3) is 0.680. The Morgan fingerprint density at radius 1 is 1.07 bits per heavy atom. The van der Waals surface area contributed by atoms with Gasteiger partial charge < -0.3 is 0 Å². The van der Waals surface area contributed by atoms with Crippen LogP contribution in [0.15, 0.2) is 24.3 Å². The van der Waals surface area contributed by atoms with Crippen LogP contribution in [0.3, 0.4) is 0 Å². The highest BCUT2D eigenvalue weighted by atomic mass is 35.5. The molecule has 156 valence electrons. The van der Waals surface area contributed by atoms with Crippen molar-refractivity contribution in [1.29, 1.82) is 0 Å². The van der Waals surface area contributed by atoms with E-state index in [-0.39, 0.29) is 29.1 Å². The van der Waals surface area contributed by atoms with E-state index in [1.54, 1.807) is 6.07 Å². The molecule has 0 aromatic heterocycles. The van der Waals surface area contributed by atoms with Crippen LogP contribution in [0.5, 0.6) is 0 Å². The quantitative estimate of drug-likeness (QED) is 0.517. The van der Waals surface area contributed by atoms with Crippen LogP contribution in [0.4, 0.5) is 4.39 Å². The predicted octanol–water partition coefficient (Wildman–Crippen LogP) is 7.07. The Morgan fingerprint density at radius 3 is 2.32 bits per heavy atom. The highest BCUT2D eigenvalue weighted by Gasteiger charge is 2.40. The van der Waals surface area contributed by atoms with Crippen LogP contribution in [0.25, 0.3) is 5.57 Å². The van der Waals surface area contributed by atoms with Gasteiger partial charge in [0, 0.05) is 19.6 Å². The van der Waals surface area contributed by atoms with E-state index in [0.717, 1.165) is 43.8 Å². The lowest BCUT2D eigenvalue weighted by Gasteiger charge is -2.45. The molecule has 2 saturated carbocycles. The minimum Gasteiger partial charge on any atom is -0.299 e. The van der Waals surface area contributed by atoms with E-state index in [1.807, 2.05) is 6.07 Å². The second-order valence-corrected chi connectivity index (χ2v) is 11.0. The highest BCUT2D eigenvalue weighted by Crippen LogP contribution is 2.53. The standard InChI is InChI=1S/C25H36FN.ClH/c1-24(2)14-20(15-25(3,4)17-24)23-21(6-5-7-22(23)26)19-10-12-27(13-11-19)16-18-8-9-18;/h5-7,10,18,20H,8-9,11-17H2,1-4H3;1H. The summed E-state index contributed by atoms with van der Waals surface area (Å²) >= 11 is 0. The molecule has 3 aliphatic rings. The first kappa shape index (κ1) is 21.8. The molecule has 1 heterocycles. The zero-order chi connectivity index (χ0) is 19.2. The number of halogens is 2. The van der Waals surface area contributed by atoms with Gasteiger partial charge in [-0.05, 0) is 84.0 Å². The van der Waals surface area contributed by atoms with Gasteiger partial charge >= 0.3 is 0 Å². The van der Waals surface area contributed by atoms with Crippen molar-refractivity contribution in [3.63, 3.8) is 0 Å². The van der Waals surface area contributed by atoms with E-state index in [1.165, 1.54) is 36.9 Å². The zero-order valence-electron chi connectivity index (χ0n) is 18.1. The molecule has 0 saturated heterocycles. The van der Waals surface area contributed by atoms with Gasteiger partial charge in [-0.3, -0.25) is 4.90 Å². The third-order valence-corrected chi connectivity index (χ3v) is 6.87. The molecule has 4 rings (SSSR count). The van der Waals surface area contributed by atoms with Crippen LogP contribution in [-0.4, -0.2) is 24.5 Å². The monoisotopic (exact) mass is 405 g/mol. The summed E-state index contributed by atoms with van der Waals surface area (Å²) in [6, 6.07) is 5.76. The topological polar surface area (TPSA) is 3.24 Å². The van der Waals surface area contributed by atoms with Gasteiger partial charge in [-0.25, -0.2) is 4.39 Å². The van der Waals surface area contributed by atoms with Crippen LogP contribution in [-0.2, 0) is 0 Å². The molecule has 0 bridgehead atoms. The zero-order valence-corrected chi connectivity index (χ0v) is 18.9. The van der Waals surface area contributed by atoms with Crippen molar-refractivity contribution >= 4 is 18.0 Å². The van der Waals surface area contributed by atoms with Crippen molar-refractivity contribution in [3.8, 4) is 0 Å². The van der Waals surface area contributed by atoms with E-state index in [0.29, 0.717) is 5.92 Å². The summed E-state index contributed by atoms with van der Waals surface area (Å²) in [5, 5.41) is 0. The fourth-order valence-electron chi connectivity index (χ4n) is 6.07. The number of benzene rings is 1. The number of hydrogen-bond acceptors (Lipinski definition) is 1. The molecule has 0 atom stereocenters. The molecule has 0 N–H and O–H groups in total. The SMILES string of the molecule is CC1(C)CC(c2c(F)cccc2C2=CCN(CC3CC3)CC2)CC(C)(C)C1.Cl. The largest absolute Gasteiger partial charge is 0.299 e. The van der Waals surface area contributed by atoms with Crippen molar-refractivity contribution in [1.82, 2.24) is 4.90 Å². The Bertz CT molecular complexity index is 716. The van der Waals surface area contributed by atoms with Gasteiger partial charge in [0.1, 0.15) is 5.82 Å². The summed E-state index contributed by atoms with van der Waals surface area (Å²) in [7, 11) is 0. The smallest absolute Gasteiger partial charge is 0.127 e. The molecule has 2 fully saturated rings. The Morgan fingerprint density at radius 2 is 1.75 bits per heavy atom. The van der Waals surface area contributed by atoms with Crippen LogP contribution in [0.2, 0.25) is 0 Å². The second kappa shape index (κ2) is 8.11. The Kier molecular flexibility index (Phi) is 6.32. The average Bonchev–Trinajstić information content (AvgIpc) is 3.36. The minimum atomic E-state index is 0. The lowest BCUT2D eigenvalue weighted by molar-refractivity contribution is 0.0956. The van der Waals surface area contributed by atoms with E-state index in [9.17, 15) is 0 Å². The van der Waals surface area contributed by atoms with Gasteiger partial charge in [-0.15, -0.1) is 12.4 Å². The lowest BCUT2D eigenvalue weighted by atomic mass is 9.59. The maximum atomic E-state index is 15.1. The first-order valence-electron chi connectivity index (χ1n) is 10.9. The number of nitrogens with zero attached hydrogens (tertiary/aromatic N) is 1. The summed E-state index contributed by atoms with van der Waals surface area (Å²) in [6.45, 7) is 12.8. The Labute approximate surface area is 177 Å². The maximum Gasteiger partial charge on any atom is 0.127 e. The van der Waals surface area contributed by atoms with Crippen molar-refractivity contribution in [2.75, 3.05) is 19.6 Å². The average molecular weight is 406 g/mol. The van der Waals surface area contributed by atoms with Gasteiger partial charge in [-0.1, -0.05) is 45.9 Å². The normalized spacial score (nSPS) is 25.1. The number of rotatable bonds is 4. The second-order valence-electron chi connectivity index (χ2n) is 11.0. The maximum absolute atomic E-state index is 15.1. The van der Waals surface area contributed by atoms with Crippen LogP contribution < -0.4 is 0 Å². The highest BCUT2D eigenvalue weighted by molar-refractivity contribution is 5.85. The summed E-state index contributed by atoms with van der Waals surface area (Å²) in [6.07, 6.45) is 9.66. The first-order valence-corrected chi connectivity index (χ1v) is 10.9. The minimum absolute atomic E-state index is 0. The number of hydrogen-bond donors (Lipinski definition) is 0. The van der Waals surface area contributed by atoms with Gasteiger partial charge in [0.25, 0.3) is 0 Å². The molecule has 1 aliphatic heterocycles. The van der Waals surface area contributed by atoms with Crippen molar-refractivity contribution in [2.45, 2.75) is 72.1 Å². The van der Waals surface area contributed by atoms with Gasteiger partial charge in [-0.2, -0.15) is 0 Å². The predicted molar refractivity (Wildman–Crippen MR) is 120 cm³/mol. The van der Waals surface area contributed by atoms with Gasteiger partial charge in [0.2, 0.25) is 0 Å². The molecule has 1 aromatic carbocycles. The van der Waals surface area contributed by atoms with Crippen LogP contribution in [0, 0.1) is 22.6 Å². The molecule has 2 aliphatic carbocycles. The molecular formula is C25H37ClFN. The third kappa shape index (κ3) is 5.00. The fourth-order valence-corrected chi connectivity index (χ4v) is 6.07. The summed E-state index contributed by atoms with van der Waals surface area (Å²) in [5.74, 6) is 1.27. The van der Waals surface area contributed by atoms with Gasteiger partial charge in [0.15, 0.2) is 0 Å². The van der Waals surface area contributed by atoms with Crippen molar-refractivity contribution in [3.05, 3.63) is 41.2 Å². The molecule has 0 spiro atoms. The summed E-state index contributed by atoms with van der Waals surface area (Å²) in [5.41, 5.74) is 4.11. The van der Waals surface area contributed by atoms with Crippen molar-refractivity contribution in [2.24, 2.45) is 16.7 Å². The van der Waals surface area contributed by atoms with Crippen LogP contribution >= 0.6 is 12.4 Å². The van der Waals surface area contributed by atoms with E-state index < -0.39 is 0 Å². The molecule has 0 radical (unpaired) electrons. The molecule has 28 heavy (non-hydrogen) atoms. The molecule has 3 heteroatoms. The first-order chi connectivity index (χ1) is 12.7. The van der Waals surface area contributed by atoms with E-state index in [4.69, 9.17) is 0 Å². The van der Waals surface area contributed by atoms with E-state index in [2.05, 4.69) is 44.7 Å².